The quantitative estimate of drug-likeness (QED) is 0.854. The van der Waals surface area contributed by atoms with Crippen LogP contribution in [0.5, 0.6) is 5.75 Å². The van der Waals surface area contributed by atoms with E-state index in [1.54, 1.807) is 30.3 Å². The van der Waals surface area contributed by atoms with E-state index in [1.807, 2.05) is 0 Å². The zero-order valence-corrected chi connectivity index (χ0v) is 15.4. The molecule has 146 valence electrons. The molecule has 0 aromatic heterocycles. The first-order chi connectivity index (χ1) is 13.4. The van der Waals surface area contributed by atoms with Crippen molar-refractivity contribution >= 4 is 29.1 Å². The van der Waals surface area contributed by atoms with E-state index in [2.05, 4.69) is 5.32 Å². The summed E-state index contributed by atoms with van der Waals surface area (Å²) < 4.78 is 18.7. The first kappa shape index (κ1) is 19.3. The number of ether oxygens (including phenoxy) is 1. The number of fused-ring (bicyclic) bond motifs is 1. The molecule has 0 bridgehead atoms. The van der Waals surface area contributed by atoms with Crippen LogP contribution in [0.4, 0.5) is 15.8 Å². The standard InChI is InChI=1S/C20H20FN3O4/c1-23(12-18(25)22-15-6-4-5-14(21)11-15)20(27)13-24-16-7-2-3-8-17(16)28-10-9-19(24)26/h2-8,11H,9-10,12-13H2,1H3,(H,22,25). The number of hydrogen-bond acceptors (Lipinski definition) is 4. The van der Waals surface area contributed by atoms with E-state index in [0.717, 1.165) is 0 Å². The Labute approximate surface area is 161 Å². The zero-order valence-electron chi connectivity index (χ0n) is 15.4. The average Bonchev–Trinajstić information content (AvgIpc) is 2.81. The van der Waals surface area contributed by atoms with Gasteiger partial charge in [-0.1, -0.05) is 18.2 Å². The molecule has 3 rings (SSSR count). The highest BCUT2D eigenvalue weighted by atomic mass is 19.1. The number of nitrogens with zero attached hydrogens (tertiary/aromatic N) is 2. The van der Waals surface area contributed by atoms with E-state index in [4.69, 9.17) is 4.74 Å². The van der Waals surface area contributed by atoms with Crippen LogP contribution in [-0.2, 0) is 14.4 Å². The smallest absolute Gasteiger partial charge is 0.243 e. The highest BCUT2D eigenvalue weighted by Crippen LogP contribution is 2.30. The van der Waals surface area contributed by atoms with Gasteiger partial charge in [0.15, 0.2) is 0 Å². The van der Waals surface area contributed by atoms with Crippen LogP contribution in [0.2, 0.25) is 0 Å². The van der Waals surface area contributed by atoms with Gasteiger partial charge < -0.3 is 15.0 Å². The lowest BCUT2D eigenvalue weighted by Crippen LogP contribution is -2.43. The van der Waals surface area contributed by atoms with Gasteiger partial charge in [0.25, 0.3) is 0 Å². The van der Waals surface area contributed by atoms with E-state index >= 15 is 0 Å². The molecule has 0 aliphatic carbocycles. The molecule has 0 fully saturated rings. The van der Waals surface area contributed by atoms with Crippen LogP contribution in [0.15, 0.2) is 48.5 Å². The number of anilines is 2. The minimum atomic E-state index is -0.470. The average molecular weight is 385 g/mol. The van der Waals surface area contributed by atoms with Gasteiger partial charge in [-0.3, -0.25) is 19.3 Å². The molecule has 2 aromatic rings. The van der Waals surface area contributed by atoms with Gasteiger partial charge in [-0.15, -0.1) is 0 Å². The summed E-state index contributed by atoms with van der Waals surface area (Å²) in [6.45, 7) is -0.190. The molecule has 3 amide bonds. The number of hydrogen-bond donors (Lipinski definition) is 1. The van der Waals surface area contributed by atoms with Crippen molar-refractivity contribution in [1.29, 1.82) is 0 Å². The van der Waals surface area contributed by atoms with Gasteiger partial charge in [-0.25, -0.2) is 4.39 Å². The largest absolute Gasteiger partial charge is 0.491 e. The molecular weight excluding hydrogens is 365 g/mol. The Morgan fingerprint density at radius 2 is 2.00 bits per heavy atom. The summed E-state index contributed by atoms with van der Waals surface area (Å²) in [7, 11) is 1.47. The second-order valence-corrected chi connectivity index (χ2v) is 6.35. The van der Waals surface area contributed by atoms with Gasteiger partial charge in [0.1, 0.15) is 18.1 Å². The Morgan fingerprint density at radius 1 is 1.21 bits per heavy atom. The van der Waals surface area contributed by atoms with Crippen LogP contribution >= 0.6 is 0 Å². The van der Waals surface area contributed by atoms with Gasteiger partial charge in [0, 0.05) is 12.7 Å². The fourth-order valence-electron chi connectivity index (χ4n) is 2.82. The lowest BCUT2D eigenvalue weighted by molar-refractivity contribution is -0.133. The second kappa shape index (κ2) is 8.51. The van der Waals surface area contributed by atoms with Crippen molar-refractivity contribution in [3.8, 4) is 5.75 Å². The van der Waals surface area contributed by atoms with Gasteiger partial charge in [-0.2, -0.15) is 0 Å². The van der Waals surface area contributed by atoms with E-state index in [1.165, 1.54) is 35.0 Å². The van der Waals surface area contributed by atoms with Gasteiger partial charge in [0.05, 0.1) is 25.3 Å². The van der Waals surface area contributed by atoms with Gasteiger partial charge >= 0.3 is 0 Å². The van der Waals surface area contributed by atoms with Crippen LogP contribution in [-0.4, -0.2) is 49.4 Å². The summed E-state index contributed by atoms with van der Waals surface area (Å²) >= 11 is 0. The van der Waals surface area contributed by atoms with Gasteiger partial charge in [-0.05, 0) is 30.3 Å². The molecule has 7 nitrogen and oxygen atoms in total. The van der Waals surface area contributed by atoms with Crippen molar-refractivity contribution in [1.82, 2.24) is 4.90 Å². The van der Waals surface area contributed by atoms with Crippen molar-refractivity contribution in [3.05, 3.63) is 54.3 Å². The third kappa shape index (κ3) is 4.64. The molecule has 0 unspecified atom stereocenters. The maximum Gasteiger partial charge on any atom is 0.243 e. The molecule has 1 aliphatic heterocycles. The van der Waals surface area contributed by atoms with Crippen LogP contribution in [0.1, 0.15) is 6.42 Å². The molecule has 0 spiro atoms. The summed E-state index contributed by atoms with van der Waals surface area (Å²) in [6, 6.07) is 12.5. The number of amides is 3. The number of carbonyl (C=O) groups excluding carboxylic acids is 3. The van der Waals surface area contributed by atoms with Gasteiger partial charge in [0.2, 0.25) is 17.7 Å². The monoisotopic (exact) mass is 385 g/mol. The number of nitrogens with one attached hydrogen (secondary N) is 1. The lowest BCUT2D eigenvalue weighted by Gasteiger charge is -2.24. The molecule has 0 radical (unpaired) electrons. The van der Waals surface area contributed by atoms with Crippen LogP contribution in [0.3, 0.4) is 0 Å². The summed E-state index contributed by atoms with van der Waals surface area (Å²) in [4.78, 5) is 39.7. The molecule has 1 heterocycles. The Bertz CT molecular complexity index is 903. The Kier molecular flexibility index (Phi) is 5.88. The molecule has 1 N–H and O–H groups in total. The molecule has 1 aliphatic rings. The van der Waals surface area contributed by atoms with E-state index in [-0.39, 0.29) is 32.0 Å². The molecule has 0 atom stereocenters. The van der Waals surface area contributed by atoms with Crippen molar-refractivity contribution in [3.63, 3.8) is 0 Å². The number of rotatable bonds is 5. The minimum absolute atomic E-state index is 0.158. The summed E-state index contributed by atoms with van der Waals surface area (Å²) in [5.41, 5.74) is 0.829. The van der Waals surface area contributed by atoms with E-state index in [9.17, 15) is 18.8 Å². The second-order valence-electron chi connectivity index (χ2n) is 6.35. The van der Waals surface area contributed by atoms with Crippen molar-refractivity contribution in [2.75, 3.05) is 37.0 Å². The number of halogens is 1. The molecule has 0 saturated carbocycles. The predicted molar refractivity (Wildman–Crippen MR) is 102 cm³/mol. The molecule has 0 saturated heterocycles. The van der Waals surface area contributed by atoms with E-state index in [0.29, 0.717) is 17.1 Å². The maximum atomic E-state index is 13.2. The fraction of sp³-hybridized carbons (Fsp3) is 0.250. The first-order valence-corrected chi connectivity index (χ1v) is 8.75. The fourth-order valence-corrected chi connectivity index (χ4v) is 2.82. The summed E-state index contributed by atoms with van der Waals surface area (Å²) in [5.74, 6) is -1.03. The predicted octanol–water partition coefficient (Wildman–Crippen LogP) is 2.04. The number of likely N-dealkylation sites (N-methyl/N-ethyl adjacent to an activating group) is 1. The van der Waals surface area contributed by atoms with Crippen molar-refractivity contribution < 1.29 is 23.5 Å². The molecular formula is C20H20FN3O4. The van der Waals surface area contributed by atoms with Crippen LogP contribution in [0, 0.1) is 5.82 Å². The van der Waals surface area contributed by atoms with Crippen molar-refractivity contribution in [2.24, 2.45) is 0 Å². The highest BCUT2D eigenvalue weighted by molar-refractivity contribution is 6.01. The Balaban J connectivity index is 1.63. The lowest BCUT2D eigenvalue weighted by atomic mass is 10.2. The minimum Gasteiger partial charge on any atom is -0.491 e. The van der Waals surface area contributed by atoms with Crippen molar-refractivity contribution in [2.45, 2.75) is 6.42 Å². The third-order valence-electron chi connectivity index (χ3n) is 4.24. The summed E-state index contributed by atoms with van der Waals surface area (Å²) in [5, 5.41) is 2.53. The molecule has 2 aromatic carbocycles. The Morgan fingerprint density at radius 3 is 2.79 bits per heavy atom. The number of carbonyl (C=O) groups is 3. The van der Waals surface area contributed by atoms with Crippen LogP contribution in [0.25, 0.3) is 0 Å². The first-order valence-electron chi connectivity index (χ1n) is 8.75. The SMILES string of the molecule is CN(CC(=O)Nc1cccc(F)c1)C(=O)CN1C(=O)CCOc2ccccc21. The summed E-state index contributed by atoms with van der Waals surface area (Å²) in [6.07, 6.45) is 0.158. The number of para-hydroxylation sites is 2. The normalized spacial score (nSPS) is 13.2. The molecule has 28 heavy (non-hydrogen) atoms. The Hall–Kier alpha value is -3.42. The zero-order chi connectivity index (χ0) is 20.1. The topological polar surface area (TPSA) is 79.0 Å². The van der Waals surface area contributed by atoms with E-state index < -0.39 is 17.6 Å². The number of benzene rings is 2. The molecule has 8 heteroatoms. The highest BCUT2D eigenvalue weighted by Gasteiger charge is 2.26. The third-order valence-corrected chi connectivity index (χ3v) is 4.24. The maximum absolute atomic E-state index is 13.2. The van der Waals surface area contributed by atoms with Crippen LogP contribution < -0.4 is 15.0 Å².